The summed E-state index contributed by atoms with van der Waals surface area (Å²) in [4.78, 5) is 10.8. The van der Waals surface area contributed by atoms with Crippen molar-refractivity contribution in [2.75, 3.05) is 18.1 Å². The Kier molecular flexibility index (Phi) is 4.11. The van der Waals surface area contributed by atoms with Crippen molar-refractivity contribution < 1.29 is 5.11 Å². The summed E-state index contributed by atoms with van der Waals surface area (Å²) in [6.07, 6.45) is 4.22. The van der Waals surface area contributed by atoms with Gasteiger partial charge in [0.15, 0.2) is 0 Å². The minimum atomic E-state index is 0.167. The second kappa shape index (κ2) is 5.78. The molecule has 0 saturated heterocycles. The van der Waals surface area contributed by atoms with Crippen molar-refractivity contribution in [2.45, 2.75) is 38.6 Å². The average Bonchev–Trinajstić information content (AvgIpc) is 2.31. The Balaban J connectivity index is 2.23. The molecule has 0 aromatic carbocycles. The molecule has 2 rings (SSSR count). The van der Waals surface area contributed by atoms with Gasteiger partial charge >= 0.3 is 0 Å². The van der Waals surface area contributed by atoms with Gasteiger partial charge in [-0.15, -0.1) is 0 Å². The highest BCUT2D eigenvalue weighted by atomic mass is 16.3. The van der Waals surface area contributed by atoms with Crippen LogP contribution in [-0.2, 0) is 0 Å². The third-order valence-corrected chi connectivity index (χ3v) is 3.29. The van der Waals surface area contributed by atoms with Gasteiger partial charge in [0.1, 0.15) is 11.8 Å². The van der Waals surface area contributed by atoms with Gasteiger partial charge in [-0.25, -0.2) is 9.97 Å². The van der Waals surface area contributed by atoms with Crippen molar-refractivity contribution in [3.05, 3.63) is 17.5 Å². The van der Waals surface area contributed by atoms with Crippen molar-refractivity contribution in [1.82, 2.24) is 9.97 Å². The lowest BCUT2D eigenvalue weighted by atomic mass is 9.91. The predicted molar refractivity (Wildman–Crippen MR) is 68.2 cm³/mol. The van der Waals surface area contributed by atoms with Crippen LogP contribution in [0.5, 0.6) is 0 Å². The summed E-state index contributed by atoms with van der Waals surface area (Å²) in [6, 6.07) is 4.22. The van der Waals surface area contributed by atoms with Gasteiger partial charge in [0.25, 0.3) is 0 Å². The van der Waals surface area contributed by atoms with E-state index in [1.807, 2.05) is 6.92 Å². The van der Waals surface area contributed by atoms with Gasteiger partial charge in [0.05, 0.1) is 0 Å². The molecule has 1 saturated carbocycles. The Morgan fingerprint density at radius 2 is 2.28 bits per heavy atom. The lowest BCUT2D eigenvalue weighted by Crippen LogP contribution is -2.42. The molecule has 0 radical (unpaired) electrons. The van der Waals surface area contributed by atoms with Crippen LogP contribution in [0.15, 0.2) is 6.07 Å². The molecule has 0 spiro atoms. The van der Waals surface area contributed by atoms with Crippen LogP contribution in [0.3, 0.4) is 0 Å². The van der Waals surface area contributed by atoms with Gasteiger partial charge in [0.2, 0.25) is 5.95 Å². The molecular weight excluding hydrogens is 228 g/mol. The minimum absolute atomic E-state index is 0.167. The number of nitriles is 1. The first kappa shape index (κ1) is 12.8. The van der Waals surface area contributed by atoms with E-state index in [2.05, 4.69) is 20.9 Å². The molecule has 1 N–H and O–H groups in total. The fourth-order valence-corrected chi connectivity index (χ4v) is 2.12. The van der Waals surface area contributed by atoms with Gasteiger partial charge < -0.3 is 10.0 Å². The lowest BCUT2D eigenvalue weighted by molar-refractivity contribution is 0.282. The number of aliphatic hydroxyl groups excluding tert-OH is 1. The third-order valence-electron chi connectivity index (χ3n) is 3.29. The van der Waals surface area contributed by atoms with Crippen LogP contribution in [0, 0.1) is 18.3 Å². The summed E-state index contributed by atoms with van der Waals surface area (Å²) in [5, 5.41) is 17.9. The van der Waals surface area contributed by atoms with Gasteiger partial charge in [-0.3, -0.25) is 0 Å². The standard InChI is InChI=1S/C13H18N4O/c1-10-8-11(9-14)16-13(15-10)17(6-3-7-18)12-4-2-5-12/h8,12,18H,2-7H2,1H3. The fraction of sp³-hybridized carbons (Fsp3) is 0.615. The quantitative estimate of drug-likeness (QED) is 0.850. The van der Waals surface area contributed by atoms with Crippen LogP contribution in [-0.4, -0.2) is 34.3 Å². The number of hydrogen-bond donors (Lipinski definition) is 1. The Morgan fingerprint density at radius 3 is 2.83 bits per heavy atom. The molecule has 1 fully saturated rings. The number of anilines is 1. The molecule has 5 heteroatoms. The van der Waals surface area contributed by atoms with Crippen molar-refractivity contribution in [2.24, 2.45) is 0 Å². The molecule has 5 nitrogen and oxygen atoms in total. The topological polar surface area (TPSA) is 73.0 Å². The van der Waals surface area contributed by atoms with E-state index >= 15 is 0 Å². The molecule has 96 valence electrons. The molecular formula is C13H18N4O. The summed E-state index contributed by atoms with van der Waals surface area (Å²) in [5.74, 6) is 0.629. The summed E-state index contributed by atoms with van der Waals surface area (Å²) < 4.78 is 0. The Morgan fingerprint density at radius 1 is 1.50 bits per heavy atom. The normalized spacial score (nSPS) is 14.9. The monoisotopic (exact) mass is 246 g/mol. The van der Waals surface area contributed by atoms with Crippen molar-refractivity contribution in [3.8, 4) is 6.07 Å². The Bertz CT molecular complexity index is 451. The zero-order valence-electron chi connectivity index (χ0n) is 10.6. The smallest absolute Gasteiger partial charge is 0.227 e. The van der Waals surface area contributed by atoms with Crippen LogP contribution in [0.25, 0.3) is 0 Å². The van der Waals surface area contributed by atoms with Crippen LogP contribution in [0.1, 0.15) is 37.1 Å². The maximum absolute atomic E-state index is 8.97. The first-order valence-electron chi connectivity index (χ1n) is 6.38. The van der Waals surface area contributed by atoms with Crippen molar-refractivity contribution in [3.63, 3.8) is 0 Å². The molecule has 0 amide bonds. The zero-order valence-corrected chi connectivity index (χ0v) is 10.6. The van der Waals surface area contributed by atoms with Crippen LogP contribution in [0.4, 0.5) is 5.95 Å². The molecule has 1 aromatic heterocycles. The van der Waals surface area contributed by atoms with E-state index in [1.165, 1.54) is 6.42 Å². The summed E-state index contributed by atoms with van der Waals surface area (Å²) in [5.41, 5.74) is 1.22. The average molecular weight is 246 g/mol. The van der Waals surface area contributed by atoms with Crippen LogP contribution < -0.4 is 4.90 Å². The zero-order chi connectivity index (χ0) is 13.0. The molecule has 1 heterocycles. The SMILES string of the molecule is Cc1cc(C#N)nc(N(CCCO)C2CCC2)n1. The second-order valence-corrected chi connectivity index (χ2v) is 4.66. The summed E-state index contributed by atoms with van der Waals surface area (Å²) in [7, 11) is 0. The van der Waals surface area contributed by atoms with Gasteiger partial charge in [-0.05, 0) is 38.7 Å². The Labute approximate surface area is 107 Å². The van der Waals surface area contributed by atoms with E-state index in [4.69, 9.17) is 10.4 Å². The van der Waals surface area contributed by atoms with Gasteiger partial charge in [-0.2, -0.15) is 5.26 Å². The lowest BCUT2D eigenvalue weighted by Gasteiger charge is -2.37. The maximum atomic E-state index is 8.97. The van der Waals surface area contributed by atoms with E-state index in [0.29, 0.717) is 24.1 Å². The summed E-state index contributed by atoms with van der Waals surface area (Å²) in [6.45, 7) is 2.78. The van der Waals surface area contributed by atoms with Crippen LogP contribution >= 0.6 is 0 Å². The molecule has 0 atom stereocenters. The van der Waals surface area contributed by atoms with E-state index in [1.54, 1.807) is 6.07 Å². The van der Waals surface area contributed by atoms with Gasteiger partial charge in [-0.1, -0.05) is 0 Å². The molecule has 18 heavy (non-hydrogen) atoms. The largest absolute Gasteiger partial charge is 0.396 e. The van der Waals surface area contributed by atoms with Crippen molar-refractivity contribution in [1.29, 1.82) is 5.26 Å². The number of aromatic nitrogens is 2. The highest BCUT2D eigenvalue weighted by Crippen LogP contribution is 2.28. The maximum Gasteiger partial charge on any atom is 0.227 e. The molecule has 0 aliphatic heterocycles. The number of hydrogen-bond acceptors (Lipinski definition) is 5. The number of aryl methyl sites for hydroxylation is 1. The third kappa shape index (κ3) is 2.77. The van der Waals surface area contributed by atoms with E-state index < -0.39 is 0 Å². The predicted octanol–water partition coefficient (Wildman–Crippen LogP) is 1.40. The van der Waals surface area contributed by atoms with E-state index in [9.17, 15) is 0 Å². The highest BCUT2D eigenvalue weighted by molar-refractivity contribution is 5.37. The number of rotatable bonds is 5. The fourth-order valence-electron chi connectivity index (χ4n) is 2.12. The Hall–Kier alpha value is -1.67. The molecule has 1 aliphatic carbocycles. The van der Waals surface area contributed by atoms with E-state index in [0.717, 1.165) is 25.1 Å². The number of nitrogens with zero attached hydrogens (tertiary/aromatic N) is 4. The minimum Gasteiger partial charge on any atom is -0.396 e. The van der Waals surface area contributed by atoms with Crippen molar-refractivity contribution >= 4 is 5.95 Å². The second-order valence-electron chi connectivity index (χ2n) is 4.66. The highest BCUT2D eigenvalue weighted by Gasteiger charge is 2.26. The van der Waals surface area contributed by atoms with E-state index in [-0.39, 0.29) is 6.61 Å². The molecule has 0 bridgehead atoms. The van der Waals surface area contributed by atoms with Crippen LogP contribution in [0.2, 0.25) is 0 Å². The number of aliphatic hydroxyl groups is 1. The first-order valence-corrected chi connectivity index (χ1v) is 6.38. The molecule has 0 unspecified atom stereocenters. The summed E-state index contributed by atoms with van der Waals surface area (Å²) >= 11 is 0. The first-order chi connectivity index (χ1) is 8.74. The molecule has 1 aromatic rings. The van der Waals surface area contributed by atoms with Gasteiger partial charge in [0, 0.05) is 24.9 Å². The molecule has 1 aliphatic rings.